The molecule has 3 rings (SSSR count). The number of nitrogens with two attached hydrogens (primary N) is 1. The summed E-state index contributed by atoms with van der Waals surface area (Å²) >= 11 is 1.63. The number of amidine groups is 1. The molecule has 0 aliphatic heterocycles. The van der Waals surface area contributed by atoms with Gasteiger partial charge in [-0.3, -0.25) is 10.1 Å². The minimum Gasteiger partial charge on any atom is -0.384 e. The predicted molar refractivity (Wildman–Crippen MR) is 69.3 cm³/mol. The van der Waals surface area contributed by atoms with Crippen LogP contribution in [0.1, 0.15) is 18.4 Å². The van der Waals surface area contributed by atoms with Crippen LogP contribution in [0, 0.1) is 11.3 Å². The van der Waals surface area contributed by atoms with Crippen molar-refractivity contribution >= 4 is 17.2 Å². The molecule has 0 atom stereocenters. The smallest absolute Gasteiger partial charge is 0.126 e. The van der Waals surface area contributed by atoms with Crippen molar-refractivity contribution in [2.24, 2.45) is 11.7 Å². The second kappa shape index (κ2) is 4.00. The third-order valence-corrected chi connectivity index (χ3v) is 3.83. The van der Waals surface area contributed by atoms with Gasteiger partial charge >= 0.3 is 0 Å². The van der Waals surface area contributed by atoms with E-state index in [0.29, 0.717) is 0 Å². The lowest BCUT2D eigenvalue weighted by Crippen LogP contribution is -2.11. The first-order valence-electron chi connectivity index (χ1n) is 5.70. The summed E-state index contributed by atoms with van der Waals surface area (Å²) in [6.07, 6.45) is 4.49. The third-order valence-electron chi connectivity index (χ3n) is 2.95. The summed E-state index contributed by atoms with van der Waals surface area (Å²) in [5.74, 6) is 0.862. The van der Waals surface area contributed by atoms with Crippen LogP contribution >= 0.6 is 11.3 Å². The van der Waals surface area contributed by atoms with E-state index in [1.165, 1.54) is 12.8 Å². The van der Waals surface area contributed by atoms with Crippen LogP contribution in [0.4, 0.5) is 0 Å². The molecule has 5 heteroatoms. The number of rotatable bonds is 4. The Labute approximate surface area is 104 Å². The van der Waals surface area contributed by atoms with E-state index in [2.05, 4.69) is 5.10 Å². The zero-order valence-electron chi connectivity index (χ0n) is 9.39. The van der Waals surface area contributed by atoms with Crippen LogP contribution in [0.2, 0.25) is 0 Å². The van der Waals surface area contributed by atoms with Crippen LogP contribution in [0.25, 0.3) is 10.6 Å². The van der Waals surface area contributed by atoms with Gasteiger partial charge in [0.05, 0.1) is 10.4 Å². The zero-order chi connectivity index (χ0) is 11.8. The molecule has 1 fully saturated rings. The molecular formula is C12H14N4S. The van der Waals surface area contributed by atoms with Gasteiger partial charge < -0.3 is 5.73 Å². The number of nitrogen functional groups attached to an aromatic ring is 1. The maximum Gasteiger partial charge on any atom is 0.126 e. The Bertz CT molecular complexity index is 537. The molecule has 2 aromatic rings. The van der Waals surface area contributed by atoms with E-state index in [0.717, 1.165) is 28.6 Å². The highest BCUT2D eigenvalue weighted by Crippen LogP contribution is 2.32. The molecule has 0 saturated heterocycles. The topological polar surface area (TPSA) is 67.7 Å². The number of nitrogens with one attached hydrogen (secondary N) is 1. The Morgan fingerprint density at radius 1 is 1.59 bits per heavy atom. The lowest BCUT2D eigenvalue weighted by Gasteiger charge is -1.96. The maximum absolute atomic E-state index is 7.62. The lowest BCUT2D eigenvalue weighted by atomic mass is 10.2. The van der Waals surface area contributed by atoms with Gasteiger partial charge in [-0.1, -0.05) is 6.07 Å². The summed E-state index contributed by atoms with van der Waals surface area (Å²) in [5.41, 5.74) is 7.20. The molecule has 1 saturated carbocycles. The first-order valence-corrected chi connectivity index (χ1v) is 6.57. The minimum absolute atomic E-state index is 0.0930. The molecule has 0 radical (unpaired) electrons. The molecule has 1 aliphatic rings. The van der Waals surface area contributed by atoms with E-state index < -0.39 is 0 Å². The number of thiophene rings is 1. The summed E-state index contributed by atoms with van der Waals surface area (Å²) in [5, 5.41) is 14.2. The summed E-state index contributed by atoms with van der Waals surface area (Å²) < 4.78 is 1.93. The van der Waals surface area contributed by atoms with Gasteiger partial charge in [-0.05, 0) is 30.2 Å². The number of nitrogens with zero attached hydrogens (tertiary/aromatic N) is 2. The van der Waals surface area contributed by atoms with Crippen molar-refractivity contribution in [2.75, 3.05) is 0 Å². The standard InChI is InChI=1S/C12H14N4S/c13-12(14)9-7-16(6-8-3-4-8)15-11(9)10-2-1-5-17-10/h1-2,5,7-8H,3-4,6H2,(H3,13,14). The monoisotopic (exact) mass is 246 g/mol. The van der Waals surface area contributed by atoms with Crippen molar-refractivity contribution in [1.82, 2.24) is 9.78 Å². The minimum atomic E-state index is 0.0930. The second-order valence-corrected chi connectivity index (χ2v) is 5.40. The Hall–Kier alpha value is -1.62. The number of aromatic nitrogens is 2. The fourth-order valence-electron chi connectivity index (χ4n) is 1.87. The van der Waals surface area contributed by atoms with Crippen molar-refractivity contribution < 1.29 is 0 Å². The normalized spacial score (nSPS) is 15.1. The summed E-state index contributed by atoms with van der Waals surface area (Å²) in [4.78, 5) is 1.07. The van der Waals surface area contributed by atoms with Crippen molar-refractivity contribution in [3.63, 3.8) is 0 Å². The van der Waals surface area contributed by atoms with Gasteiger partial charge in [0.2, 0.25) is 0 Å². The van der Waals surface area contributed by atoms with Gasteiger partial charge in [0, 0.05) is 12.7 Å². The Balaban J connectivity index is 1.99. The molecular weight excluding hydrogens is 232 g/mol. The van der Waals surface area contributed by atoms with Gasteiger partial charge in [0.15, 0.2) is 0 Å². The zero-order valence-corrected chi connectivity index (χ0v) is 10.2. The largest absolute Gasteiger partial charge is 0.384 e. The molecule has 17 heavy (non-hydrogen) atoms. The highest BCUT2D eigenvalue weighted by Gasteiger charge is 2.23. The van der Waals surface area contributed by atoms with Crippen molar-refractivity contribution in [1.29, 1.82) is 5.41 Å². The van der Waals surface area contributed by atoms with Crippen LogP contribution in [0.3, 0.4) is 0 Å². The Morgan fingerprint density at radius 2 is 2.41 bits per heavy atom. The molecule has 0 unspecified atom stereocenters. The molecule has 2 heterocycles. The first-order chi connectivity index (χ1) is 8.24. The van der Waals surface area contributed by atoms with Crippen molar-refractivity contribution in [2.45, 2.75) is 19.4 Å². The highest BCUT2D eigenvalue weighted by molar-refractivity contribution is 7.13. The third kappa shape index (κ3) is 2.10. The summed E-state index contributed by atoms with van der Waals surface area (Å²) in [6.45, 7) is 0.950. The van der Waals surface area contributed by atoms with E-state index in [4.69, 9.17) is 11.1 Å². The summed E-state index contributed by atoms with van der Waals surface area (Å²) in [7, 11) is 0. The van der Waals surface area contributed by atoms with Crippen LogP contribution in [0.15, 0.2) is 23.7 Å². The Morgan fingerprint density at radius 3 is 3.00 bits per heavy atom. The fraction of sp³-hybridized carbons (Fsp3) is 0.333. The SMILES string of the molecule is N=C(N)c1cn(CC2CC2)nc1-c1cccs1. The molecule has 88 valence electrons. The van der Waals surface area contributed by atoms with Crippen molar-refractivity contribution in [3.8, 4) is 10.6 Å². The van der Waals surface area contributed by atoms with E-state index >= 15 is 0 Å². The fourth-order valence-corrected chi connectivity index (χ4v) is 2.60. The van der Waals surface area contributed by atoms with E-state index in [9.17, 15) is 0 Å². The Kier molecular flexibility index (Phi) is 2.48. The first kappa shape index (κ1) is 10.5. The maximum atomic E-state index is 7.62. The van der Waals surface area contributed by atoms with E-state index in [-0.39, 0.29) is 5.84 Å². The van der Waals surface area contributed by atoms with Gasteiger partial charge in [0.1, 0.15) is 11.5 Å². The summed E-state index contributed by atoms with van der Waals surface area (Å²) in [6, 6.07) is 4.00. The van der Waals surface area contributed by atoms with E-state index in [1.807, 2.05) is 28.4 Å². The average Bonchev–Trinajstić information content (AvgIpc) is 2.82. The van der Waals surface area contributed by atoms with Crippen LogP contribution in [-0.2, 0) is 6.54 Å². The molecule has 0 spiro atoms. The second-order valence-electron chi connectivity index (χ2n) is 4.45. The molecule has 1 aliphatic carbocycles. The lowest BCUT2D eigenvalue weighted by molar-refractivity contribution is 0.564. The predicted octanol–water partition coefficient (Wildman–Crippen LogP) is 2.31. The number of hydrogen-bond acceptors (Lipinski definition) is 3. The van der Waals surface area contributed by atoms with Gasteiger partial charge in [0.25, 0.3) is 0 Å². The van der Waals surface area contributed by atoms with E-state index in [1.54, 1.807) is 11.3 Å². The number of hydrogen-bond donors (Lipinski definition) is 2. The van der Waals surface area contributed by atoms with Gasteiger partial charge in [-0.2, -0.15) is 5.10 Å². The molecule has 3 N–H and O–H groups in total. The van der Waals surface area contributed by atoms with Crippen molar-refractivity contribution in [3.05, 3.63) is 29.3 Å². The quantitative estimate of drug-likeness (QED) is 0.642. The average molecular weight is 246 g/mol. The van der Waals surface area contributed by atoms with Gasteiger partial charge in [-0.15, -0.1) is 11.3 Å². The molecule has 0 aromatic carbocycles. The highest BCUT2D eigenvalue weighted by atomic mass is 32.1. The molecule has 2 aromatic heterocycles. The van der Waals surface area contributed by atoms with Gasteiger partial charge in [-0.25, -0.2) is 0 Å². The van der Waals surface area contributed by atoms with Crippen LogP contribution < -0.4 is 5.73 Å². The van der Waals surface area contributed by atoms with Crippen LogP contribution in [-0.4, -0.2) is 15.6 Å². The molecule has 0 amide bonds. The molecule has 4 nitrogen and oxygen atoms in total. The molecule has 0 bridgehead atoms. The van der Waals surface area contributed by atoms with Crippen LogP contribution in [0.5, 0.6) is 0 Å².